The Morgan fingerprint density at radius 2 is 1.47 bits per heavy atom. The van der Waals surface area contributed by atoms with E-state index in [0.717, 1.165) is 102 Å². The molecule has 0 atom stereocenters. The Morgan fingerprint density at radius 1 is 0.766 bits per heavy atom. The molecule has 0 spiro atoms. The molecule has 2 N–H and O–H groups in total. The van der Waals surface area contributed by atoms with Gasteiger partial charge in [0.1, 0.15) is 0 Å². The highest BCUT2D eigenvalue weighted by molar-refractivity contribution is 6.04. The summed E-state index contributed by atoms with van der Waals surface area (Å²) in [4.78, 5) is 37.8. The number of anilines is 3. The number of hydrogen-bond acceptors (Lipinski definition) is 7. The summed E-state index contributed by atoms with van der Waals surface area (Å²) in [6.07, 6.45) is 12.2. The number of nitrogens with zero attached hydrogens (tertiary/aromatic N) is 4. The third kappa shape index (κ3) is 7.73. The van der Waals surface area contributed by atoms with Gasteiger partial charge in [0.25, 0.3) is 11.8 Å². The molecule has 248 valence electrons. The number of piperazine rings is 1. The van der Waals surface area contributed by atoms with E-state index in [1.54, 1.807) is 12.1 Å². The van der Waals surface area contributed by atoms with E-state index < -0.39 is 0 Å². The molecule has 2 amide bonds. The van der Waals surface area contributed by atoms with Crippen molar-refractivity contribution in [3.63, 3.8) is 0 Å². The normalized spacial score (nSPS) is 21.5. The Bertz CT molecular complexity index is 1510. The SMILES string of the molecule is O=C(Nc1ccc(C(=O)NC2CCC(CCN3CCN(c4nccc5c4OCC5)CC3)CC2)cc1)c1ccc(N2CCCCC2)cc1. The summed E-state index contributed by atoms with van der Waals surface area (Å²) < 4.78 is 5.88. The molecule has 3 aliphatic heterocycles. The minimum atomic E-state index is -0.145. The average Bonchev–Trinajstić information content (AvgIpc) is 3.62. The first-order chi connectivity index (χ1) is 23.1. The number of fused-ring (bicyclic) bond motifs is 1. The largest absolute Gasteiger partial charge is 0.489 e. The first kappa shape index (κ1) is 31.5. The van der Waals surface area contributed by atoms with Crippen molar-refractivity contribution >= 4 is 29.0 Å². The second kappa shape index (κ2) is 14.8. The van der Waals surface area contributed by atoms with Gasteiger partial charge >= 0.3 is 0 Å². The number of ether oxygens (including phenoxy) is 1. The minimum Gasteiger partial charge on any atom is -0.489 e. The fraction of sp³-hybridized carbons (Fsp3) is 0.500. The van der Waals surface area contributed by atoms with Crippen molar-refractivity contribution in [2.24, 2.45) is 5.92 Å². The van der Waals surface area contributed by atoms with Crippen molar-refractivity contribution in [3.05, 3.63) is 77.5 Å². The molecule has 1 saturated carbocycles. The summed E-state index contributed by atoms with van der Waals surface area (Å²) >= 11 is 0. The molecule has 3 fully saturated rings. The maximum Gasteiger partial charge on any atom is 0.255 e. The van der Waals surface area contributed by atoms with E-state index >= 15 is 0 Å². The number of nitrogens with one attached hydrogen (secondary N) is 2. The van der Waals surface area contributed by atoms with Gasteiger partial charge in [0.05, 0.1) is 6.61 Å². The predicted molar refractivity (Wildman–Crippen MR) is 187 cm³/mol. The monoisotopic (exact) mass is 636 g/mol. The number of benzene rings is 2. The van der Waals surface area contributed by atoms with Gasteiger partial charge in [0, 0.05) is 86.0 Å². The van der Waals surface area contributed by atoms with Gasteiger partial charge in [-0.2, -0.15) is 0 Å². The van der Waals surface area contributed by atoms with Crippen LogP contribution >= 0.6 is 0 Å². The molecule has 7 rings (SSSR count). The molecule has 0 unspecified atom stereocenters. The predicted octanol–water partition coefficient (Wildman–Crippen LogP) is 5.76. The quantitative estimate of drug-likeness (QED) is 0.309. The Kier molecular flexibility index (Phi) is 9.89. The van der Waals surface area contributed by atoms with Gasteiger partial charge in [-0.1, -0.05) is 0 Å². The molecule has 2 saturated heterocycles. The molecular weight excluding hydrogens is 588 g/mol. The lowest BCUT2D eigenvalue weighted by molar-refractivity contribution is 0.0919. The number of carbonyl (C=O) groups is 2. The molecular formula is C38H48N6O3. The third-order valence-electron chi connectivity index (χ3n) is 10.5. The van der Waals surface area contributed by atoms with Crippen LogP contribution in [0.2, 0.25) is 0 Å². The molecule has 9 heteroatoms. The van der Waals surface area contributed by atoms with Crippen molar-refractivity contribution in [2.75, 3.05) is 67.5 Å². The average molecular weight is 637 g/mol. The van der Waals surface area contributed by atoms with E-state index in [4.69, 9.17) is 4.74 Å². The van der Waals surface area contributed by atoms with Crippen LogP contribution in [0.1, 0.15) is 77.6 Å². The van der Waals surface area contributed by atoms with Crippen LogP contribution in [0.15, 0.2) is 60.8 Å². The van der Waals surface area contributed by atoms with Gasteiger partial charge in [-0.05, 0) is 118 Å². The molecule has 9 nitrogen and oxygen atoms in total. The van der Waals surface area contributed by atoms with Gasteiger partial charge in [0.15, 0.2) is 11.6 Å². The lowest BCUT2D eigenvalue weighted by Gasteiger charge is -2.37. The summed E-state index contributed by atoms with van der Waals surface area (Å²) in [6, 6.07) is 17.4. The van der Waals surface area contributed by atoms with Crippen LogP contribution in [0.25, 0.3) is 0 Å². The molecule has 47 heavy (non-hydrogen) atoms. The van der Waals surface area contributed by atoms with Gasteiger partial charge in [-0.15, -0.1) is 0 Å². The van der Waals surface area contributed by atoms with Crippen LogP contribution in [-0.4, -0.2) is 80.2 Å². The van der Waals surface area contributed by atoms with E-state index in [1.807, 2.05) is 42.6 Å². The molecule has 0 bridgehead atoms. The Hall–Kier alpha value is -4.11. The first-order valence-electron chi connectivity index (χ1n) is 17.7. The molecule has 4 heterocycles. The van der Waals surface area contributed by atoms with E-state index in [2.05, 4.69) is 36.4 Å². The van der Waals surface area contributed by atoms with Crippen LogP contribution < -0.4 is 25.2 Å². The van der Waals surface area contributed by atoms with E-state index in [0.29, 0.717) is 16.8 Å². The van der Waals surface area contributed by atoms with Crippen molar-refractivity contribution < 1.29 is 14.3 Å². The second-order valence-electron chi connectivity index (χ2n) is 13.7. The van der Waals surface area contributed by atoms with Crippen LogP contribution in [0.3, 0.4) is 0 Å². The highest BCUT2D eigenvalue weighted by Gasteiger charge is 2.27. The zero-order valence-corrected chi connectivity index (χ0v) is 27.5. The second-order valence-corrected chi connectivity index (χ2v) is 13.7. The number of piperidine rings is 1. The zero-order valence-electron chi connectivity index (χ0n) is 27.5. The molecule has 1 aromatic heterocycles. The standard InChI is InChI=1S/C38H48N6O3/c45-37(30-6-12-33(13-7-30)41-38(46)31-8-14-34(15-9-31)43-20-2-1-3-21-43)40-32-10-4-28(5-11-32)17-22-42-23-25-44(26-24-42)36-35-29(16-19-39-36)18-27-47-35/h6-9,12-16,19,28,32H,1-5,10-11,17-18,20-27H2,(H,40,45)(H,41,46). The lowest BCUT2D eigenvalue weighted by atomic mass is 9.84. The van der Waals surface area contributed by atoms with Gasteiger partial charge in [-0.3, -0.25) is 14.5 Å². The number of aromatic nitrogens is 1. The summed E-state index contributed by atoms with van der Waals surface area (Å²) in [5.41, 5.74) is 4.40. The highest BCUT2D eigenvalue weighted by atomic mass is 16.5. The summed E-state index contributed by atoms with van der Waals surface area (Å²) in [5, 5.41) is 6.22. The van der Waals surface area contributed by atoms with Crippen molar-refractivity contribution in [1.29, 1.82) is 0 Å². The molecule has 1 aliphatic carbocycles. The fourth-order valence-electron chi connectivity index (χ4n) is 7.61. The van der Waals surface area contributed by atoms with Crippen LogP contribution in [-0.2, 0) is 6.42 Å². The lowest BCUT2D eigenvalue weighted by Crippen LogP contribution is -2.47. The Morgan fingerprint density at radius 3 is 2.21 bits per heavy atom. The van der Waals surface area contributed by atoms with Crippen LogP contribution in [0, 0.1) is 5.92 Å². The van der Waals surface area contributed by atoms with Crippen LogP contribution in [0.4, 0.5) is 17.2 Å². The molecule has 3 aromatic rings. The number of hydrogen-bond donors (Lipinski definition) is 2. The van der Waals surface area contributed by atoms with Crippen LogP contribution in [0.5, 0.6) is 5.75 Å². The van der Waals surface area contributed by atoms with E-state index in [1.165, 1.54) is 36.9 Å². The summed E-state index contributed by atoms with van der Waals surface area (Å²) in [6.45, 7) is 8.17. The number of amides is 2. The number of carbonyl (C=O) groups excluding carboxylic acids is 2. The Labute approximate surface area is 278 Å². The van der Waals surface area contributed by atoms with Gasteiger partial charge in [0.2, 0.25) is 0 Å². The van der Waals surface area contributed by atoms with Crippen molar-refractivity contribution in [1.82, 2.24) is 15.2 Å². The first-order valence-corrected chi connectivity index (χ1v) is 17.7. The maximum atomic E-state index is 13.0. The fourth-order valence-corrected chi connectivity index (χ4v) is 7.61. The third-order valence-corrected chi connectivity index (χ3v) is 10.5. The molecule has 0 radical (unpaired) electrons. The minimum absolute atomic E-state index is 0.0403. The number of pyridine rings is 1. The molecule has 2 aromatic carbocycles. The van der Waals surface area contributed by atoms with Crippen molar-refractivity contribution in [2.45, 2.75) is 63.8 Å². The smallest absolute Gasteiger partial charge is 0.255 e. The van der Waals surface area contributed by atoms with E-state index in [9.17, 15) is 9.59 Å². The Balaban J connectivity index is 0.805. The number of rotatable bonds is 9. The maximum absolute atomic E-state index is 13.0. The summed E-state index contributed by atoms with van der Waals surface area (Å²) in [7, 11) is 0. The van der Waals surface area contributed by atoms with Gasteiger partial charge < -0.3 is 25.2 Å². The summed E-state index contributed by atoms with van der Waals surface area (Å²) in [5.74, 6) is 2.55. The van der Waals surface area contributed by atoms with E-state index in [-0.39, 0.29) is 17.9 Å². The van der Waals surface area contributed by atoms with Crippen molar-refractivity contribution in [3.8, 4) is 5.75 Å². The highest BCUT2D eigenvalue weighted by Crippen LogP contribution is 2.35. The van der Waals surface area contributed by atoms with Gasteiger partial charge in [-0.25, -0.2) is 4.98 Å². The zero-order chi connectivity index (χ0) is 32.0. The molecule has 4 aliphatic rings. The topological polar surface area (TPSA) is 90.0 Å².